The molecule has 0 atom stereocenters. The number of aromatic nitrogens is 3. The quantitative estimate of drug-likeness (QED) is 0.758. The number of piperidine rings is 1. The Kier molecular flexibility index (Phi) is 5.08. The molecule has 3 rings (SSSR count). The molecule has 9 nitrogen and oxygen atoms in total. The minimum Gasteiger partial charge on any atom is -0.457 e. The maximum Gasteiger partial charge on any atom is 0.309 e. The van der Waals surface area contributed by atoms with E-state index in [9.17, 15) is 9.59 Å². The van der Waals surface area contributed by atoms with Crippen molar-refractivity contribution in [1.29, 1.82) is 0 Å². The summed E-state index contributed by atoms with van der Waals surface area (Å²) in [6.45, 7) is 0.953. The van der Waals surface area contributed by atoms with E-state index in [1.807, 2.05) is 11.4 Å². The van der Waals surface area contributed by atoms with Crippen molar-refractivity contribution >= 4 is 35.1 Å². The highest BCUT2D eigenvalue weighted by Crippen LogP contribution is 2.22. The van der Waals surface area contributed by atoms with Crippen molar-refractivity contribution < 1.29 is 14.3 Å². The molecule has 0 aromatic carbocycles. The Balaban J connectivity index is 1.49. The second-order valence-corrected chi connectivity index (χ2v) is 6.57. The van der Waals surface area contributed by atoms with Gasteiger partial charge >= 0.3 is 5.97 Å². The number of nitrogen functional groups attached to an aromatic ring is 2. The molecule has 0 saturated carbocycles. The zero-order valence-corrected chi connectivity index (χ0v) is 14.2. The summed E-state index contributed by atoms with van der Waals surface area (Å²) >= 11 is 1.42. The lowest BCUT2D eigenvalue weighted by molar-refractivity contribution is -0.151. The molecule has 1 saturated heterocycles. The molecule has 0 radical (unpaired) electrons. The van der Waals surface area contributed by atoms with Gasteiger partial charge in [0.2, 0.25) is 11.9 Å². The molecule has 2 aromatic heterocycles. The monoisotopic (exact) mass is 362 g/mol. The minimum atomic E-state index is -0.333. The first-order valence-electron chi connectivity index (χ1n) is 7.78. The zero-order valence-electron chi connectivity index (χ0n) is 13.4. The second kappa shape index (κ2) is 7.43. The predicted octanol–water partition coefficient (Wildman–Crippen LogP) is 0.693. The molecule has 2 aromatic rings. The van der Waals surface area contributed by atoms with Gasteiger partial charge in [-0.15, -0.1) is 11.3 Å². The summed E-state index contributed by atoms with van der Waals surface area (Å²) in [4.78, 5) is 38.3. The molecule has 1 aliphatic heterocycles. The van der Waals surface area contributed by atoms with Crippen LogP contribution in [0.5, 0.6) is 0 Å². The molecule has 0 spiro atoms. The third-order valence-corrected chi connectivity index (χ3v) is 4.77. The van der Waals surface area contributed by atoms with Crippen LogP contribution in [0.4, 0.5) is 11.9 Å². The van der Waals surface area contributed by atoms with Crippen LogP contribution in [-0.2, 0) is 16.1 Å². The summed E-state index contributed by atoms with van der Waals surface area (Å²) in [5, 5.41) is 1.87. The molecule has 0 bridgehead atoms. The van der Waals surface area contributed by atoms with Gasteiger partial charge in [0, 0.05) is 13.1 Å². The fourth-order valence-electron chi connectivity index (χ4n) is 2.65. The first kappa shape index (κ1) is 17.1. The summed E-state index contributed by atoms with van der Waals surface area (Å²) in [6, 6.07) is 3.65. The number of amides is 1. The van der Waals surface area contributed by atoms with Gasteiger partial charge in [0.25, 0.3) is 5.91 Å². The first-order chi connectivity index (χ1) is 12.0. The number of rotatable bonds is 4. The van der Waals surface area contributed by atoms with E-state index in [0.717, 1.165) is 0 Å². The Hall–Kier alpha value is -2.75. The van der Waals surface area contributed by atoms with Crippen molar-refractivity contribution in [3.05, 3.63) is 28.2 Å². The van der Waals surface area contributed by atoms with Gasteiger partial charge in [0.05, 0.1) is 10.8 Å². The van der Waals surface area contributed by atoms with E-state index in [4.69, 9.17) is 16.2 Å². The van der Waals surface area contributed by atoms with Crippen LogP contribution in [0.15, 0.2) is 17.5 Å². The molecule has 1 aliphatic rings. The van der Waals surface area contributed by atoms with Gasteiger partial charge in [-0.25, -0.2) is 0 Å². The summed E-state index contributed by atoms with van der Waals surface area (Å²) in [6.07, 6.45) is 1.13. The minimum absolute atomic E-state index is 0.0120. The molecular formula is C15H18N6O3S. The van der Waals surface area contributed by atoms with Gasteiger partial charge < -0.3 is 21.1 Å². The number of hydrogen-bond acceptors (Lipinski definition) is 9. The highest BCUT2D eigenvalue weighted by molar-refractivity contribution is 7.12. The van der Waals surface area contributed by atoms with Crippen LogP contribution in [0.1, 0.15) is 28.3 Å². The van der Waals surface area contributed by atoms with Crippen LogP contribution >= 0.6 is 11.3 Å². The van der Waals surface area contributed by atoms with Crippen molar-refractivity contribution in [1.82, 2.24) is 19.9 Å². The van der Waals surface area contributed by atoms with E-state index in [1.54, 1.807) is 11.0 Å². The molecule has 0 unspecified atom stereocenters. The third kappa shape index (κ3) is 4.21. The number of nitrogens with zero attached hydrogens (tertiary/aromatic N) is 4. The average molecular weight is 362 g/mol. The summed E-state index contributed by atoms with van der Waals surface area (Å²) in [5.74, 6) is -0.385. The maximum absolute atomic E-state index is 12.3. The predicted molar refractivity (Wildman–Crippen MR) is 91.4 cm³/mol. The van der Waals surface area contributed by atoms with Crippen molar-refractivity contribution in [2.24, 2.45) is 5.92 Å². The van der Waals surface area contributed by atoms with Crippen LogP contribution in [0.3, 0.4) is 0 Å². The number of hydrogen-bond donors (Lipinski definition) is 2. The van der Waals surface area contributed by atoms with Gasteiger partial charge in [-0.3, -0.25) is 9.59 Å². The average Bonchev–Trinajstić information content (AvgIpc) is 3.13. The topological polar surface area (TPSA) is 137 Å². The number of esters is 1. The Morgan fingerprint density at radius 3 is 2.48 bits per heavy atom. The van der Waals surface area contributed by atoms with Gasteiger partial charge in [-0.2, -0.15) is 15.0 Å². The lowest BCUT2D eigenvalue weighted by Gasteiger charge is -2.30. The van der Waals surface area contributed by atoms with Crippen LogP contribution in [0, 0.1) is 5.92 Å². The van der Waals surface area contributed by atoms with Crippen LogP contribution in [0.25, 0.3) is 0 Å². The third-order valence-electron chi connectivity index (χ3n) is 3.91. The van der Waals surface area contributed by atoms with Gasteiger partial charge in [-0.05, 0) is 24.3 Å². The largest absolute Gasteiger partial charge is 0.457 e. The van der Waals surface area contributed by atoms with E-state index in [0.29, 0.717) is 30.8 Å². The molecule has 1 amide bonds. The SMILES string of the molecule is Nc1nc(N)nc(COC(=O)C2CCN(C(=O)c3cccs3)CC2)n1. The number of nitrogens with two attached hydrogens (primary N) is 2. The standard InChI is InChI=1S/C15H18N6O3S/c16-14-18-11(19-15(17)20-14)8-24-13(23)9-3-5-21(6-4-9)12(22)10-2-1-7-25-10/h1-2,7,9H,3-6,8H2,(H4,16,17,18,19,20). The van der Waals surface area contributed by atoms with Gasteiger partial charge in [0.15, 0.2) is 12.4 Å². The summed E-state index contributed by atoms with van der Waals surface area (Å²) < 4.78 is 5.24. The zero-order chi connectivity index (χ0) is 17.8. The smallest absolute Gasteiger partial charge is 0.309 e. The van der Waals surface area contributed by atoms with E-state index >= 15 is 0 Å². The number of ether oxygens (including phenoxy) is 1. The van der Waals surface area contributed by atoms with E-state index in [1.165, 1.54) is 11.3 Å². The number of anilines is 2. The molecular weight excluding hydrogens is 344 g/mol. The van der Waals surface area contributed by atoms with E-state index < -0.39 is 0 Å². The van der Waals surface area contributed by atoms with E-state index in [2.05, 4.69) is 15.0 Å². The fraction of sp³-hybridized carbons (Fsp3) is 0.400. The Morgan fingerprint density at radius 2 is 1.88 bits per heavy atom. The summed E-state index contributed by atoms with van der Waals surface area (Å²) in [5.41, 5.74) is 10.9. The van der Waals surface area contributed by atoms with Crippen LogP contribution in [-0.4, -0.2) is 44.8 Å². The highest BCUT2D eigenvalue weighted by Gasteiger charge is 2.29. The first-order valence-corrected chi connectivity index (χ1v) is 8.66. The molecule has 3 heterocycles. The molecule has 10 heteroatoms. The molecule has 4 N–H and O–H groups in total. The lowest BCUT2D eigenvalue weighted by Crippen LogP contribution is -2.40. The second-order valence-electron chi connectivity index (χ2n) is 5.62. The lowest BCUT2D eigenvalue weighted by atomic mass is 9.97. The van der Waals surface area contributed by atoms with E-state index in [-0.39, 0.29) is 42.1 Å². The number of carbonyl (C=O) groups is 2. The van der Waals surface area contributed by atoms with Crippen LogP contribution < -0.4 is 11.5 Å². The highest BCUT2D eigenvalue weighted by atomic mass is 32.1. The fourth-order valence-corrected chi connectivity index (χ4v) is 3.34. The number of carbonyl (C=O) groups excluding carboxylic acids is 2. The maximum atomic E-state index is 12.3. The number of likely N-dealkylation sites (tertiary alicyclic amines) is 1. The van der Waals surface area contributed by atoms with Crippen molar-refractivity contribution in [3.63, 3.8) is 0 Å². The van der Waals surface area contributed by atoms with Crippen LogP contribution in [0.2, 0.25) is 0 Å². The molecule has 132 valence electrons. The van der Waals surface area contributed by atoms with Crippen molar-refractivity contribution in [2.75, 3.05) is 24.6 Å². The molecule has 1 fully saturated rings. The summed E-state index contributed by atoms with van der Waals surface area (Å²) in [7, 11) is 0. The normalized spacial score (nSPS) is 15.1. The molecule has 25 heavy (non-hydrogen) atoms. The van der Waals surface area contributed by atoms with Crippen molar-refractivity contribution in [2.45, 2.75) is 19.4 Å². The Labute approximate surface area is 148 Å². The number of thiophene rings is 1. The molecule has 0 aliphatic carbocycles. The van der Waals surface area contributed by atoms with Gasteiger partial charge in [0.1, 0.15) is 0 Å². The Bertz CT molecular complexity index is 738. The van der Waals surface area contributed by atoms with Gasteiger partial charge in [-0.1, -0.05) is 6.07 Å². The Morgan fingerprint density at radius 1 is 1.20 bits per heavy atom. The van der Waals surface area contributed by atoms with Crippen molar-refractivity contribution in [3.8, 4) is 0 Å².